The van der Waals surface area contributed by atoms with Crippen molar-refractivity contribution < 1.29 is 13.2 Å². The van der Waals surface area contributed by atoms with E-state index in [-0.39, 0.29) is 17.3 Å². The van der Waals surface area contributed by atoms with Crippen LogP contribution in [-0.4, -0.2) is 0 Å². The van der Waals surface area contributed by atoms with Crippen molar-refractivity contribution in [1.29, 1.82) is 0 Å². The van der Waals surface area contributed by atoms with E-state index in [1.807, 2.05) is 36.4 Å². The Labute approximate surface area is 214 Å². The van der Waals surface area contributed by atoms with E-state index in [0.717, 1.165) is 73.1 Å². The van der Waals surface area contributed by atoms with E-state index in [1.54, 1.807) is 30.4 Å². The molecule has 0 radical (unpaired) electrons. The van der Waals surface area contributed by atoms with Crippen molar-refractivity contribution >= 4 is 12.2 Å². The quantitative estimate of drug-likeness (QED) is 0.262. The van der Waals surface area contributed by atoms with Crippen LogP contribution in [0.2, 0.25) is 0 Å². The largest absolute Gasteiger partial charge is 0.207 e. The zero-order valence-corrected chi connectivity index (χ0v) is 21.5. The highest BCUT2D eigenvalue weighted by Crippen LogP contribution is 2.39. The molecule has 0 nitrogen and oxygen atoms in total. The number of aryl methyl sites for hydroxylation is 1. The first kappa shape index (κ1) is 26.3. The number of hydrogen-bond acceptors (Lipinski definition) is 0. The van der Waals surface area contributed by atoms with Gasteiger partial charge in [-0.15, -0.1) is 0 Å². The topological polar surface area (TPSA) is 0 Å². The summed E-state index contributed by atoms with van der Waals surface area (Å²) < 4.78 is 44.3. The molecule has 0 aliphatic heterocycles. The van der Waals surface area contributed by atoms with Crippen molar-refractivity contribution in [2.45, 2.75) is 77.6 Å². The maximum atomic E-state index is 14.9. The fraction of sp³-hybridized carbons (Fsp3) is 0.394. The molecule has 0 unspecified atom stereocenters. The molecule has 0 N–H and O–H groups in total. The van der Waals surface area contributed by atoms with Gasteiger partial charge in [0.25, 0.3) is 0 Å². The highest BCUT2D eigenvalue weighted by molar-refractivity contribution is 5.72. The van der Waals surface area contributed by atoms with Gasteiger partial charge in [0.2, 0.25) is 0 Å². The van der Waals surface area contributed by atoms with Gasteiger partial charge in [-0.25, -0.2) is 13.2 Å². The van der Waals surface area contributed by atoms with Gasteiger partial charge >= 0.3 is 0 Å². The van der Waals surface area contributed by atoms with Gasteiger partial charge in [-0.3, -0.25) is 0 Å². The van der Waals surface area contributed by atoms with Crippen LogP contribution in [0.5, 0.6) is 0 Å². The van der Waals surface area contributed by atoms with Crippen LogP contribution in [0.25, 0.3) is 23.3 Å². The van der Waals surface area contributed by atoms with Crippen molar-refractivity contribution in [3.8, 4) is 11.1 Å². The first-order valence-electron chi connectivity index (χ1n) is 13.5. The van der Waals surface area contributed by atoms with Crippen LogP contribution < -0.4 is 0 Å². The molecule has 1 aliphatic carbocycles. The van der Waals surface area contributed by atoms with Crippen molar-refractivity contribution in [3.05, 3.63) is 94.3 Å². The SMILES string of the molecule is CCCCc1ccc(-c2ccc(C=Cc3ccc(C4CCC(CCC)CC4)c(F)c3F)cc2)cc1F. The molecule has 0 amide bonds. The Balaban J connectivity index is 1.43. The molecule has 0 spiro atoms. The number of rotatable bonds is 9. The minimum atomic E-state index is -0.769. The van der Waals surface area contributed by atoms with Gasteiger partial charge < -0.3 is 0 Å². The summed E-state index contributed by atoms with van der Waals surface area (Å²) in [6.45, 7) is 4.30. The molecule has 0 bridgehead atoms. The summed E-state index contributed by atoms with van der Waals surface area (Å²) in [5, 5.41) is 0. The molecule has 1 saturated carbocycles. The van der Waals surface area contributed by atoms with E-state index in [0.29, 0.717) is 5.56 Å². The number of unbranched alkanes of at least 4 members (excludes halogenated alkanes) is 1. The maximum absolute atomic E-state index is 14.9. The van der Waals surface area contributed by atoms with Crippen LogP contribution in [0, 0.1) is 23.4 Å². The Kier molecular flexibility index (Phi) is 9.07. The third-order valence-electron chi connectivity index (χ3n) is 7.68. The summed E-state index contributed by atoms with van der Waals surface area (Å²) in [7, 11) is 0. The molecule has 36 heavy (non-hydrogen) atoms. The first-order chi connectivity index (χ1) is 17.5. The van der Waals surface area contributed by atoms with Crippen molar-refractivity contribution in [1.82, 2.24) is 0 Å². The summed E-state index contributed by atoms with van der Waals surface area (Å²) in [5.74, 6) is -0.786. The summed E-state index contributed by atoms with van der Waals surface area (Å²) in [5.41, 5.74) is 4.15. The van der Waals surface area contributed by atoms with Crippen LogP contribution in [-0.2, 0) is 6.42 Å². The minimum Gasteiger partial charge on any atom is -0.207 e. The smallest absolute Gasteiger partial charge is 0.166 e. The van der Waals surface area contributed by atoms with E-state index in [1.165, 1.54) is 12.8 Å². The summed E-state index contributed by atoms with van der Waals surface area (Å²) in [6.07, 6.45) is 12.7. The van der Waals surface area contributed by atoms with Crippen LogP contribution in [0.1, 0.15) is 93.4 Å². The lowest BCUT2D eigenvalue weighted by Gasteiger charge is -2.29. The number of halogens is 3. The molecular weight excluding hydrogens is 453 g/mol. The molecule has 1 aliphatic rings. The van der Waals surface area contributed by atoms with E-state index in [9.17, 15) is 13.2 Å². The van der Waals surface area contributed by atoms with E-state index < -0.39 is 11.6 Å². The molecular formula is C33H37F3. The fourth-order valence-corrected chi connectivity index (χ4v) is 5.46. The highest BCUT2D eigenvalue weighted by Gasteiger charge is 2.25. The van der Waals surface area contributed by atoms with Crippen LogP contribution in [0.15, 0.2) is 54.6 Å². The maximum Gasteiger partial charge on any atom is 0.166 e. The molecule has 0 heterocycles. The third-order valence-corrected chi connectivity index (χ3v) is 7.68. The highest BCUT2D eigenvalue weighted by atomic mass is 19.2. The van der Waals surface area contributed by atoms with Crippen LogP contribution in [0.3, 0.4) is 0 Å². The zero-order chi connectivity index (χ0) is 25.5. The molecule has 0 atom stereocenters. The lowest BCUT2D eigenvalue weighted by atomic mass is 9.77. The summed E-state index contributed by atoms with van der Waals surface area (Å²) >= 11 is 0. The van der Waals surface area contributed by atoms with Gasteiger partial charge in [-0.05, 0) is 84.2 Å². The molecule has 3 aromatic rings. The fourth-order valence-electron chi connectivity index (χ4n) is 5.46. The minimum absolute atomic E-state index is 0.115. The molecule has 1 fully saturated rings. The molecule has 4 rings (SSSR count). The van der Waals surface area contributed by atoms with Gasteiger partial charge in [-0.1, -0.05) is 93.8 Å². The van der Waals surface area contributed by atoms with Crippen LogP contribution in [0.4, 0.5) is 13.2 Å². The Morgan fingerprint density at radius 3 is 2.14 bits per heavy atom. The van der Waals surface area contributed by atoms with Gasteiger partial charge in [0, 0.05) is 5.56 Å². The average molecular weight is 491 g/mol. The first-order valence-corrected chi connectivity index (χ1v) is 13.5. The van der Waals surface area contributed by atoms with E-state index in [4.69, 9.17) is 0 Å². The Morgan fingerprint density at radius 2 is 1.47 bits per heavy atom. The van der Waals surface area contributed by atoms with Crippen molar-refractivity contribution in [2.75, 3.05) is 0 Å². The Hall–Kier alpha value is -2.81. The van der Waals surface area contributed by atoms with Crippen molar-refractivity contribution in [2.24, 2.45) is 5.92 Å². The predicted molar refractivity (Wildman–Crippen MR) is 145 cm³/mol. The Morgan fingerprint density at radius 1 is 0.750 bits per heavy atom. The number of benzene rings is 3. The normalized spacial score (nSPS) is 18.1. The molecule has 0 aromatic heterocycles. The van der Waals surface area contributed by atoms with Gasteiger partial charge in [-0.2, -0.15) is 0 Å². The van der Waals surface area contributed by atoms with Crippen LogP contribution >= 0.6 is 0 Å². The van der Waals surface area contributed by atoms with E-state index >= 15 is 0 Å². The zero-order valence-electron chi connectivity index (χ0n) is 21.5. The molecule has 3 aromatic carbocycles. The lowest BCUT2D eigenvalue weighted by Crippen LogP contribution is -2.15. The lowest BCUT2D eigenvalue weighted by molar-refractivity contribution is 0.303. The van der Waals surface area contributed by atoms with Gasteiger partial charge in [0.1, 0.15) is 5.82 Å². The second kappa shape index (κ2) is 12.4. The molecule has 190 valence electrons. The second-order valence-corrected chi connectivity index (χ2v) is 10.2. The second-order valence-electron chi connectivity index (χ2n) is 10.2. The summed E-state index contributed by atoms with van der Waals surface area (Å²) in [6, 6.07) is 16.5. The molecule has 3 heteroatoms. The predicted octanol–water partition coefficient (Wildman–Crippen LogP) is 10.4. The average Bonchev–Trinajstić information content (AvgIpc) is 2.90. The summed E-state index contributed by atoms with van der Waals surface area (Å²) in [4.78, 5) is 0. The Bertz CT molecular complexity index is 1170. The third kappa shape index (κ3) is 6.30. The number of hydrogen-bond donors (Lipinski definition) is 0. The van der Waals surface area contributed by atoms with E-state index in [2.05, 4.69) is 13.8 Å². The van der Waals surface area contributed by atoms with Gasteiger partial charge in [0.05, 0.1) is 0 Å². The molecule has 0 saturated heterocycles. The monoisotopic (exact) mass is 490 g/mol. The van der Waals surface area contributed by atoms with Crippen molar-refractivity contribution in [3.63, 3.8) is 0 Å². The standard InChI is InChI=1S/C33H37F3/c1-3-5-7-27-18-19-29(22-31(27)34)25-13-8-24(9-14-25)12-17-28-20-21-30(33(36)32(28)35)26-15-10-23(6-4-2)11-16-26/h8-9,12-14,17-23,26H,3-7,10-11,15-16H2,1-2H3. The van der Waals surface area contributed by atoms with Gasteiger partial charge in [0.15, 0.2) is 11.6 Å².